The van der Waals surface area contributed by atoms with Gasteiger partial charge in [0.15, 0.2) is 0 Å². The lowest BCUT2D eigenvalue weighted by Gasteiger charge is -2.42. The van der Waals surface area contributed by atoms with Crippen LogP contribution in [0, 0.1) is 5.92 Å². The van der Waals surface area contributed by atoms with Gasteiger partial charge in [0, 0.05) is 32.0 Å². The predicted octanol–water partition coefficient (Wildman–Crippen LogP) is 3.34. The Labute approximate surface area is 158 Å². The number of nitrogens with zero attached hydrogens (tertiary/aromatic N) is 4. The van der Waals surface area contributed by atoms with Crippen LogP contribution in [0.2, 0.25) is 0 Å². The Morgan fingerprint density at radius 3 is 2.89 bits per heavy atom. The molecule has 2 amide bonds. The van der Waals surface area contributed by atoms with Crippen LogP contribution in [0.1, 0.15) is 13.3 Å². The van der Waals surface area contributed by atoms with Gasteiger partial charge in [0.2, 0.25) is 0 Å². The first kappa shape index (κ1) is 17.3. The maximum atomic E-state index is 12.7. The maximum Gasteiger partial charge on any atom is 0.321 e. The Bertz CT molecular complexity index is 924. The van der Waals surface area contributed by atoms with E-state index in [2.05, 4.69) is 39.1 Å². The lowest BCUT2D eigenvalue weighted by molar-refractivity contribution is 0.172. The van der Waals surface area contributed by atoms with E-state index in [0.717, 1.165) is 35.5 Å². The van der Waals surface area contributed by atoms with Crippen molar-refractivity contribution in [2.24, 2.45) is 5.92 Å². The normalized spacial score (nSPS) is 19.9. The number of urea groups is 1. The first-order valence-electron chi connectivity index (χ1n) is 9.25. The number of amides is 2. The highest BCUT2D eigenvalue weighted by Crippen LogP contribution is 2.28. The minimum absolute atomic E-state index is 0.0546. The van der Waals surface area contributed by atoms with Crippen molar-refractivity contribution in [3.8, 4) is 0 Å². The number of hydrogen-bond donors (Lipinski definition) is 2. The molecule has 1 aromatic carbocycles. The summed E-state index contributed by atoms with van der Waals surface area (Å²) in [6, 6.07) is 11.7. The second kappa shape index (κ2) is 7.26. The number of aromatic amines is 1. The molecule has 0 spiro atoms. The highest BCUT2D eigenvalue weighted by Gasteiger charge is 2.32. The molecule has 1 aliphatic rings. The van der Waals surface area contributed by atoms with Gasteiger partial charge in [-0.15, -0.1) is 0 Å². The number of H-pyrrole nitrogens is 1. The monoisotopic (exact) mass is 364 g/mol. The predicted molar refractivity (Wildman–Crippen MR) is 107 cm³/mol. The van der Waals surface area contributed by atoms with E-state index in [1.807, 2.05) is 47.5 Å². The quantitative estimate of drug-likeness (QED) is 0.747. The number of carbonyl (C=O) groups excluding carboxylic acids is 1. The lowest BCUT2D eigenvalue weighted by Crippen LogP contribution is -2.53. The van der Waals surface area contributed by atoms with Crippen LogP contribution >= 0.6 is 0 Å². The average molecular weight is 364 g/mol. The van der Waals surface area contributed by atoms with Gasteiger partial charge in [-0.25, -0.2) is 14.8 Å². The molecule has 2 atom stereocenters. The van der Waals surface area contributed by atoms with Crippen molar-refractivity contribution in [2.45, 2.75) is 19.4 Å². The molecule has 2 aromatic heterocycles. The second-order valence-electron chi connectivity index (χ2n) is 7.12. The van der Waals surface area contributed by atoms with Crippen LogP contribution in [-0.2, 0) is 0 Å². The molecule has 0 saturated carbocycles. The molecule has 2 N–H and O–H groups in total. The maximum absolute atomic E-state index is 12.7. The summed E-state index contributed by atoms with van der Waals surface area (Å²) in [6.45, 7) is 3.66. The van der Waals surface area contributed by atoms with E-state index in [-0.39, 0.29) is 12.1 Å². The topological polar surface area (TPSA) is 77.2 Å². The zero-order chi connectivity index (χ0) is 18.8. The van der Waals surface area contributed by atoms with Crippen LogP contribution in [0.4, 0.5) is 16.3 Å². The molecule has 0 bridgehead atoms. The van der Waals surface area contributed by atoms with Gasteiger partial charge in [-0.2, -0.15) is 0 Å². The number of carbonyl (C=O) groups is 1. The minimum atomic E-state index is -0.0546. The van der Waals surface area contributed by atoms with Crippen molar-refractivity contribution in [2.75, 3.05) is 30.4 Å². The van der Waals surface area contributed by atoms with Crippen molar-refractivity contribution >= 4 is 28.6 Å². The van der Waals surface area contributed by atoms with Crippen LogP contribution in [-0.4, -0.2) is 52.1 Å². The third-order valence-corrected chi connectivity index (χ3v) is 5.40. The van der Waals surface area contributed by atoms with Crippen LogP contribution in [0.5, 0.6) is 0 Å². The molecule has 3 heterocycles. The van der Waals surface area contributed by atoms with E-state index in [4.69, 9.17) is 0 Å². The largest absolute Gasteiger partial charge is 0.354 e. The van der Waals surface area contributed by atoms with Gasteiger partial charge < -0.3 is 20.1 Å². The van der Waals surface area contributed by atoms with Crippen LogP contribution in [0.15, 0.2) is 48.9 Å². The fourth-order valence-corrected chi connectivity index (χ4v) is 3.76. The minimum Gasteiger partial charge on any atom is -0.354 e. The van der Waals surface area contributed by atoms with Crippen molar-refractivity contribution in [1.82, 2.24) is 19.9 Å². The number of piperidine rings is 1. The molecule has 0 radical (unpaired) electrons. The van der Waals surface area contributed by atoms with Crippen LogP contribution in [0.25, 0.3) is 11.0 Å². The van der Waals surface area contributed by atoms with E-state index in [0.29, 0.717) is 12.5 Å². The van der Waals surface area contributed by atoms with E-state index in [9.17, 15) is 4.79 Å². The van der Waals surface area contributed by atoms with Gasteiger partial charge >= 0.3 is 6.03 Å². The van der Waals surface area contributed by atoms with Gasteiger partial charge in [0.05, 0.1) is 11.4 Å². The molecule has 0 aliphatic carbocycles. The smallest absolute Gasteiger partial charge is 0.321 e. The summed E-state index contributed by atoms with van der Waals surface area (Å²) in [6.07, 6.45) is 4.41. The van der Waals surface area contributed by atoms with Gasteiger partial charge in [-0.05, 0) is 30.5 Å². The summed E-state index contributed by atoms with van der Waals surface area (Å²) in [5.41, 5.74) is 1.64. The fourth-order valence-electron chi connectivity index (χ4n) is 3.76. The van der Waals surface area contributed by atoms with Gasteiger partial charge in [0.1, 0.15) is 17.8 Å². The summed E-state index contributed by atoms with van der Waals surface area (Å²) in [4.78, 5) is 28.7. The number of likely N-dealkylation sites (tertiary alicyclic amines) is 1. The Morgan fingerprint density at radius 1 is 1.26 bits per heavy atom. The molecular weight excluding hydrogens is 340 g/mol. The number of fused-ring (bicyclic) bond motifs is 1. The molecule has 4 rings (SSSR count). The first-order chi connectivity index (χ1) is 13.1. The summed E-state index contributed by atoms with van der Waals surface area (Å²) in [5, 5.41) is 3.99. The SMILES string of the molecule is CC1CCN(C(=O)Nc2ccccc2)CC1N(C)c1ncnc2[nH]ccc12. The van der Waals surface area contributed by atoms with E-state index in [1.165, 1.54) is 0 Å². The van der Waals surface area contributed by atoms with E-state index < -0.39 is 0 Å². The molecule has 7 nitrogen and oxygen atoms in total. The molecule has 3 aromatic rings. The number of benzene rings is 1. The number of likely N-dealkylation sites (N-methyl/N-ethyl adjacent to an activating group) is 1. The molecule has 140 valence electrons. The number of hydrogen-bond acceptors (Lipinski definition) is 4. The van der Waals surface area contributed by atoms with Crippen molar-refractivity contribution in [3.05, 3.63) is 48.9 Å². The second-order valence-corrected chi connectivity index (χ2v) is 7.12. The number of rotatable bonds is 3. The summed E-state index contributed by atoms with van der Waals surface area (Å²) in [7, 11) is 2.05. The zero-order valence-electron chi connectivity index (χ0n) is 15.6. The van der Waals surface area contributed by atoms with Gasteiger partial charge in [-0.1, -0.05) is 25.1 Å². The van der Waals surface area contributed by atoms with Crippen molar-refractivity contribution in [3.63, 3.8) is 0 Å². The third-order valence-electron chi connectivity index (χ3n) is 5.40. The molecule has 2 unspecified atom stereocenters. The molecule has 7 heteroatoms. The first-order valence-corrected chi connectivity index (χ1v) is 9.25. The Hall–Kier alpha value is -3.09. The van der Waals surface area contributed by atoms with Gasteiger partial charge in [-0.3, -0.25) is 0 Å². The number of anilines is 2. The molecule has 27 heavy (non-hydrogen) atoms. The standard InChI is InChI=1S/C20H24N6O/c1-14-9-11-26(20(27)24-15-6-4-3-5-7-15)12-17(14)25(2)19-16-8-10-21-18(16)22-13-23-19/h3-8,10,13-14,17H,9,11-12H2,1-2H3,(H,24,27)(H,21,22,23). The van der Waals surface area contributed by atoms with Crippen LogP contribution < -0.4 is 10.2 Å². The summed E-state index contributed by atoms with van der Waals surface area (Å²) in [5.74, 6) is 1.35. The molecule has 1 saturated heterocycles. The van der Waals surface area contributed by atoms with E-state index in [1.54, 1.807) is 6.33 Å². The molecular formula is C20H24N6O. The van der Waals surface area contributed by atoms with Gasteiger partial charge in [0.25, 0.3) is 0 Å². The molecule has 1 fully saturated rings. The fraction of sp³-hybridized carbons (Fsp3) is 0.350. The van der Waals surface area contributed by atoms with Crippen molar-refractivity contribution in [1.29, 1.82) is 0 Å². The Kier molecular flexibility index (Phi) is 4.66. The summed E-state index contributed by atoms with van der Waals surface area (Å²) < 4.78 is 0. The lowest BCUT2D eigenvalue weighted by atomic mass is 9.92. The number of aromatic nitrogens is 3. The van der Waals surface area contributed by atoms with E-state index >= 15 is 0 Å². The summed E-state index contributed by atoms with van der Waals surface area (Å²) >= 11 is 0. The highest BCUT2D eigenvalue weighted by molar-refractivity contribution is 5.90. The number of para-hydroxylation sites is 1. The van der Waals surface area contributed by atoms with Crippen LogP contribution in [0.3, 0.4) is 0 Å². The zero-order valence-corrected chi connectivity index (χ0v) is 15.6. The molecule has 1 aliphatic heterocycles. The number of nitrogens with one attached hydrogen (secondary N) is 2. The Morgan fingerprint density at radius 2 is 2.07 bits per heavy atom. The highest BCUT2D eigenvalue weighted by atomic mass is 16.2. The Balaban J connectivity index is 1.52. The van der Waals surface area contributed by atoms with Crippen molar-refractivity contribution < 1.29 is 4.79 Å². The third kappa shape index (κ3) is 3.45. The average Bonchev–Trinajstić information content (AvgIpc) is 3.17.